The second kappa shape index (κ2) is 11.1. The molecule has 0 aliphatic carbocycles. The standard InChI is InChI=1S/C46H31N3/c1-2-11-30(12-3-1)31-21-23-32(24-22-31)35-15-10-16-36(29-35)45-39-19-8-9-20-40(39)47-46(48-45)49-41-27-25-33-13-4-6-17-37(33)43(41)44-38-18-7-5-14-34(38)26-28-42(44)49/h1-29,46,48H. The summed E-state index contributed by atoms with van der Waals surface area (Å²) in [5, 5.41) is 13.5. The molecule has 1 aromatic heterocycles. The molecule has 10 rings (SSSR count). The summed E-state index contributed by atoms with van der Waals surface area (Å²) in [4.78, 5) is 5.37. The molecule has 3 nitrogen and oxygen atoms in total. The molecule has 9 aromatic rings. The van der Waals surface area contributed by atoms with E-state index in [4.69, 9.17) is 4.99 Å². The molecule has 2 heterocycles. The second-order valence-electron chi connectivity index (χ2n) is 12.8. The molecule has 1 unspecified atom stereocenters. The molecule has 230 valence electrons. The van der Waals surface area contributed by atoms with Crippen molar-refractivity contribution < 1.29 is 0 Å². The molecule has 0 bridgehead atoms. The van der Waals surface area contributed by atoms with Crippen molar-refractivity contribution in [1.82, 2.24) is 9.88 Å². The number of hydrogen-bond donors (Lipinski definition) is 1. The fraction of sp³-hybridized carbons (Fsp3) is 0.0217. The molecule has 0 radical (unpaired) electrons. The van der Waals surface area contributed by atoms with Gasteiger partial charge in [-0.2, -0.15) is 0 Å². The Morgan fingerprint density at radius 1 is 0.429 bits per heavy atom. The third-order valence-corrected chi connectivity index (χ3v) is 10.0. The minimum atomic E-state index is -0.346. The molecule has 0 amide bonds. The zero-order chi connectivity index (χ0) is 32.3. The van der Waals surface area contributed by atoms with Crippen molar-refractivity contribution in [2.45, 2.75) is 6.29 Å². The SMILES string of the molecule is c1ccc(-c2ccc(-c3cccc(C4=c5ccccc5=NC(n5c6ccc7ccccc7c6c6c7ccccc7ccc65)N4)c3)cc2)cc1. The van der Waals surface area contributed by atoms with Crippen LogP contribution in [0.3, 0.4) is 0 Å². The Bertz CT molecular complexity index is 2750. The maximum absolute atomic E-state index is 5.37. The number of para-hydroxylation sites is 1. The van der Waals surface area contributed by atoms with Crippen LogP contribution in [0.4, 0.5) is 0 Å². The van der Waals surface area contributed by atoms with E-state index in [0.29, 0.717) is 0 Å². The normalized spacial score (nSPS) is 14.2. The van der Waals surface area contributed by atoms with E-state index < -0.39 is 0 Å². The van der Waals surface area contributed by atoms with Gasteiger partial charge >= 0.3 is 0 Å². The van der Waals surface area contributed by atoms with Gasteiger partial charge in [0, 0.05) is 16.0 Å². The van der Waals surface area contributed by atoms with Gasteiger partial charge in [-0.15, -0.1) is 0 Å². The Hall–Kier alpha value is -6.45. The Morgan fingerprint density at radius 3 is 1.65 bits per heavy atom. The monoisotopic (exact) mass is 625 g/mol. The lowest BCUT2D eigenvalue weighted by atomic mass is 9.98. The van der Waals surface area contributed by atoms with Gasteiger partial charge in [0.05, 0.1) is 22.1 Å². The van der Waals surface area contributed by atoms with Crippen LogP contribution in [0.25, 0.3) is 71.3 Å². The molecule has 49 heavy (non-hydrogen) atoms. The quantitative estimate of drug-likeness (QED) is 0.207. The average molecular weight is 626 g/mol. The van der Waals surface area contributed by atoms with Gasteiger partial charge < -0.3 is 9.88 Å². The number of hydrogen-bond acceptors (Lipinski definition) is 2. The molecule has 0 saturated carbocycles. The molecule has 0 fully saturated rings. The number of rotatable bonds is 4. The average Bonchev–Trinajstić information content (AvgIpc) is 3.53. The van der Waals surface area contributed by atoms with Crippen molar-refractivity contribution >= 4 is 49.0 Å². The summed E-state index contributed by atoms with van der Waals surface area (Å²) in [6, 6.07) is 63.2. The van der Waals surface area contributed by atoms with E-state index in [1.165, 1.54) is 54.6 Å². The number of nitrogens with one attached hydrogen (secondary N) is 1. The van der Waals surface area contributed by atoms with Crippen LogP contribution >= 0.6 is 0 Å². The molecular formula is C46H31N3. The third-order valence-electron chi connectivity index (χ3n) is 10.0. The summed E-state index contributed by atoms with van der Waals surface area (Å²) in [5.74, 6) is 0. The zero-order valence-electron chi connectivity index (χ0n) is 26.7. The van der Waals surface area contributed by atoms with Gasteiger partial charge in [0.15, 0.2) is 0 Å². The van der Waals surface area contributed by atoms with Crippen molar-refractivity contribution in [2.24, 2.45) is 4.99 Å². The van der Waals surface area contributed by atoms with E-state index in [1.807, 2.05) is 0 Å². The Balaban J connectivity index is 1.15. The van der Waals surface area contributed by atoms with Gasteiger partial charge in [-0.3, -0.25) is 0 Å². The lowest BCUT2D eigenvalue weighted by Crippen LogP contribution is -2.41. The predicted octanol–water partition coefficient (Wildman–Crippen LogP) is 9.97. The van der Waals surface area contributed by atoms with Crippen LogP contribution in [0.5, 0.6) is 0 Å². The van der Waals surface area contributed by atoms with Crippen LogP contribution in [0.2, 0.25) is 0 Å². The summed E-state index contributed by atoms with van der Waals surface area (Å²) < 4.78 is 2.39. The first kappa shape index (κ1) is 27.6. The third kappa shape index (κ3) is 4.47. The van der Waals surface area contributed by atoms with Gasteiger partial charge in [-0.05, 0) is 73.6 Å². The minimum Gasteiger partial charge on any atom is -0.345 e. The second-order valence-corrected chi connectivity index (χ2v) is 12.8. The first-order valence-electron chi connectivity index (χ1n) is 16.8. The lowest BCUT2D eigenvalue weighted by Gasteiger charge is -2.25. The van der Waals surface area contributed by atoms with E-state index in [-0.39, 0.29) is 6.29 Å². The van der Waals surface area contributed by atoms with E-state index in [1.54, 1.807) is 0 Å². The fourth-order valence-corrected chi connectivity index (χ4v) is 7.71. The van der Waals surface area contributed by atoms with Crippen LogP contribution in [-0.2, 0) is 0 Å². The highest BCUT2D eigenvalue weighted by molar-refractivity contribution is 6.28. The van der Waals surface area contributed by atoms with Crippen molar-refractivity contribution in [3.63, 3.8) is 0 Å². The number of aromatic nitrogens is 1. The van der Waals surface area contributed by atoms with Crippen LogP contribution < -0.4 is 15.9 Å². The highest BCUT2D eigenvalue weighted by Gasteiger charge is 2.24. The van der Waals surface area contributed by atoms with E-state index >= 15 is 0 Å². The zero-order valence-corrected chi connectivity index (χ0v) is 26.7. The van der Waals surface area contributed by atoms with Crippen LogP contribution in [0.1, 0.15) is 11.9 Å². The van der Waals surface area contributed by atoms with Crippen molar-refractivity contribution in [3.8, 4) is 22.3 Å². The Morgan fingerprint density at radius 2 is 0.959 bits per heavy atom. The summed E-state index contributed by atoms with van der Waals surface area (Å²) >= 11 is 0. The maximum Gasteiger partial charge on any atom is 0.201 e. The molecule has 1 aliphatic heterocycles. The van der Waals surface area contributed by atoms with Crippen molar-refractivity contribution in [3.05, 3.63) is 192 Å². The highest BCUT2D eigenvalue weighted by Crippen LogP contribution is 2.40. The molecule has 1 atom stereocenters. The van der Waals surface area contributed by atoms with Crippen LogP contribution in [0, 0.1) is 0 Å². The maximum atomic E-state index is 5.37. The Labute approximate surface area is 283 Å². The molecule has 1 aliphatic rings. The molecule has 3 heteroatoms. The summed E-state index contributed by atoms with van der Waals surface area (Å²) in [5.41, 5.74) is 9.35. The number of benzene rings is 8. The fourth-order valence-electron chi connectivity index (χ4n) is 7.71. The molecule has 0 saturated heterocycles. The van der Waals surface area contributed by atoms with E-state index in [2.05, 4.69) is 186 Å². The molecular weight excluding hydrogens is 595 g/mol. The first-order chi connectivity index (χ1) is 24.3. The predicted molar refractivity (Wildman–Crippen MR) is 204 cm³/mol. The van der Waals surface area contributed by atoms with Crippen LogP contribution in [0.15, 0.2) is 181 Å². The topological polar surface area (TPSA) is 29.3 Å². The van der Waals surface area contributed by atoms with Crippen molar-refractivity contribution in [1.29, 1.82) is 0 Å². The smallest absolute Gasteiger partial charge is 0.201 e. The largest absolute Gasteiger partial charge is 0.345 e. The Kier molecular flexibility index (Phi) is 6.25. The molecule has 8 aromatic carbocycles. The molecule has 1 N–H and O–H groups in total. The summed E-state index contributed by atoms with van der Waals surface area (Å²) in [6.07, 6.45) is -0.346. The molecule has 0 spiro atoms. The van der Waals surface area contributed by atoms with Crippen molar-refractivity contribution in [2.75, 3.05) is 0 Å². The van der Waals surface area contributed by atoms with Gasteiger partial charge in [0.1, 0.15) is 0 Å². The van der Waals surface area contributed by atoms with E-state index in [0.717, 1.165) is 32.9 Å². The lowest BCUT2D eigenvalue weighted by molar-refractivity contribution is 0.490. The number of nitrogens with zero attached hydrogens (tertiary/aromatic N) is 2. The minimum absolute atomic E-state index is 0.346. The highest BCUT2D eigenvalue weighted by atomic mass is 15.3. The first-order valence-corrected chi connectivity index (χ1v) is 16.8. The summed E-state index contributed by atoms with van der Waals surface area (Å²) in [6.45, 7) is 0. The summed E-state index contributed by atoms with van der Waals surface area (Å²) in [7, 11) is 0. The van der Waals surface area contributed by atoms with Crippen LogP contribution in [-0.4, -0.2) is 4.57 Å². The van der Waals surface area contributed by atoms with Gasteiger partial charge in [-0.25, -0.2) is 4.99 Å². The van der Waals surface area contributed by atoms with Gasteiger partial charge in [-0.1, -0.05) is 152 Å². The number of fused-ring (bicyclic) bond motifs is 8. The van der Waals surface area contributed by atoms with Gasteiger partial charge in [0.25, 0.3) is 0 Å². The van der Waals surface area contributed by atoms with Gasteiger partial charge in [0.2, 0.25) is 6.29 Å². The van der Waals surface area contributed by atoms with E-state index in [9.17, 15) is 0 Å².